The van der Waals surface area contributed by atoms with Gasteiger partial charge in [0.05, 0.1) is 0 Å². The molecular weight excluding hydrogens is 310 g/mol. The van der Waals surface area contributed by atoms with Gasteiger partial charge in [-0.2, -0.15) is 0 Å². The monoisotopic (exact) mass is 320 g/mol. The number of fused-ring (bicyclic) bond motifs is 1. The second kappa shape index (κ2) is 5.18. The van der Waals surface area contributed by atoms with Gasteiger partial charge in [-0.15, -0.1) is 0 Å². The van der Waals surface area contributed by atoms with Crippen LogP contribution < -0.4 is 9.05 Å². The van der Waals surface area contributed by atoms with Gasteiger partial charge in [-0.1, -0.05) is 24.3 Å². The largest absolute Gasteiger partial charge is 0.524 e. The molecule has 4 N–H and O–H groups in total. The molecule has 8 nitrogen and oxygen atoms in total. The lowest BCUT2D eigenvalue weighted by Gasteiger charge is -2.13. The fraction of sp³-hybridized carbons (Fsp3) is 0. The molecule has 0 aliphatic heterocycles. The molecular formula is C10H10O8P2. The minimum Gasteiger partial charge on any atom is -0.404 e. The number of hydrogen-bond donors (Lipinski definition) is 4. The number of phosphoric ester groups is 2. The summed E-state index contributed by atoms with van der Waals surface area (Å²) in [6.45, 7) is 0. The summed E-state index contributed by atoms with van der Waals surface area (Å²) in [6, 6.07) is 8.44. The van der Waals surface area contributed by atoms with Crippen molar-refractivity contribution in [2.24, 2.45) is 0 Å². The van der Waals surface area contributed by atoms with E-state index in [1.54, 1.807) is 0 Å². The van der Waals surface area contributed by atoms with E-state index < -0.39 is 15.6 Å². The standard InChI is InChI=1S/C10H10O8P2/c11-19(12,13)17-9-5-1-3-7-8(9)4-2-6-10(7)18-20(14,15)16/h1-6H,(H2,11,12,13)(H2,14,15,16). The van der Waals surface area contributed by atoms with Gasteiger partial charge in [0.15, 0.2) is 0 Å². The van der Waals surface area contributed by atoms with Crippen molar-refractivity contribution < 1.29 is 37.8 Å². The lowest BCUT2D eigenvalue weighted by Crippen LogP contribution is -1.94. The van der Waals surface area contributed by atoms with Gasteiger partial charge in [-0.3, -0.25) is 19.6 Å². The lowest BCUT2D eigenvalue weighted by molar-refractivity contribution is 0.281. The summed E-state index contributed by atoms with van der Waals surface area (Å²) in [5.74, 6) is -0.237. The zero-order chi connectivity index (χ0) is 15.0. The van der Waals surface area contributed by atoms with Gasteiger partial charge in [0.25, 0.3) is 0 Å². The Hall–Kier alpha value is -1.40. The Morgan fingerprint density at radius 3 is 1.35 bits per heavy atom. The quantitative estimate of drug-likeness (QED) is 0.626. The van der Waals surface area contributed by atoms with E-state index in [0.717, 1.165) is 0 Å². The van der Waals surface area contributed by atoms with Gasteiger partial charge >= 0.3 is 15.6 Å². The molecule has 108 valence electrons. The molecule has 0 bridgehead atoms. The van der Waals surface area contributed by atoms with Crippen molar-refractivity contribution in [3.63, 3.8) is 0 Å². The maximum absolute atomic E-state index is 10.9. The average Bonchev–Trinajstić information content (AvgIpc) is 2.26. The van der Waals surface area contributed by atoms with Crippen LogP contribution in [0.5, 0.6) is 11.5 Å². The molecule has 0 heterocycles. The summed E-state index contributed by atoms with van der Waals surface area (Å²) in [7, 11) is -9.48. The molecule has 20 heavy (non-hydrogen) atoms. The molecule has 0 aromatic heterocycles. The van der Waals surface area contributed by atoms with Gasteiger partial charge in [0.1, 0.15) is 11.5 Å². The second-order valence-electron chi connectivity index (χ2n) is 3.77. The lowest BCUT2D eigenvalue weighted by atomic mass is 10.1. The van der Waals surface area contributed by atoms with Gasteiger partial charge in [0.2, 0.25) is 0 Å². The number of phosphoric acid groups is 2. The Kier molecular flexibility index (Phi) is 3.88. The smallest absolute Gasteiger partial charge is 0.404 e. The Bertz CT molecular complexity index is 668. The maximum atomic E-state index is 10.9. The molecule has 0 atom stereocenters. The van der Waals surface area contributed by atoms with Gasteiger partial charge < -0.3 is 9.05 Å². The van der Waals surface area contributed by atoms with Gasteiger partial charge in [-0.05, 0) is 12.1 Å². The zero-order valence-electron chi connectivity index (χ0n) is 9.78. The third-order valence-corrected chi connectivity index (χ3v) is 3.15. The minimum atomic E-state index is -4.74. The summed E-state index contributed by atoms with van der Waals surface area (Å²) in [4.78, 5) is 35.3. The highest BCUT2D eigenvalue weighted by atomic mass is 31.2. The average molecular weight is 320 g/mol. The van der Waals surface area contributed by atoms with Crippen LogP contribution in [-0.2, 0) is 9.13 Å². The molecule has 0 fully saturated rings. The maximum Gasteiger partial charge on any atom is 0.524 e. The predicted molar refractivity (Wildman–Crippen MR) is 69.3 cm³/mol. The van der Waals surface area contributed by atoms with Crippen LogP contribution in [-0.4, -0.2) is 19.6 Å². The molecule has 0 amide bonds. The molecule has 0 radical (unpaired) electrons. The van der Waals surface area contributed by atoms with Crippen molar-refractivity contribution >= 4 is 26.4 Å². The van der Waals surface area contributed by atoms with E-state index in [0.29, 0.717) is 0 Å². The van der Waals surface area contributed by atoms with Crippen molar-refractivity contribution in [1.82, 2.24) is 0 Å². The fourth-order valence-corrected chi connectivity index (χ4v) is 2.50. The molecule has 0 unspecified atom stereocenters. The third-order valence-electron chi connectivity index (χ3n) is 2.28. The molecule has 2 rings (SSSR count). The Morgan fingerprint density at radius 2 is 1.05 bits per heavy atom. The highest BCUT2D eigenvalue weighted by molar-refractivity contribution is 7.47. The summed E-state index contributed by atoms with van der Waals surface area (Å²) < 4.78 is 30.8. The molecule has 10 heteroatoms. The van der Waals surface area contributed by atoms with Crippen molar-refractivity contribution in [2.45, 2.75) is 0 Å². The summed E-state index contributed by atoms with van der Waals surface area (Å²) in [5.41, 5.74) is 0. The Morgan fingerprint density at radius 1 is 0.700 bits per heavy atom. The van der Waals surface area contributed by atoms with E-state index in [4.69, 9.17) is 19.6 Å². The van der Waals surface area contributed by atoms with E-state index >= 15 is 0 Å². The minimum absolute atomic E-state index is 0.119. The van der Waals surface area contributed by atoms with E-state index in [9.17, 15) is 9.13 Å². The van der Waals surface area contributed by atoms with Crippen molar-refractivity contribution in [1.29, 1.82) is 0 Å². The van der Waals surface area contributed by atoms with Crippen LogP contribution in [0.2, 0.25) is 0 Å². The van der Waals surface area contributed by atoms with Crippen LogP contribution in [0.1, 0.15) is 0 Å². The molecule has 0 saturated carbocycles. The molecule has 2 aromatic carbocycles. The van der Waals surface area contributed by atoms with Crippen LogP contribution in [0.15, 0.2) is 36.4 Å². The first-order chi connectivity index (χ1) is 9.16. The first-order valence-corrected chi connectivity index (χ1v) is 8.24. The predicted octanol–water partition coefficient (Wildman–Crippen LogP) is 1.78. The third kappa shape index (κ3) is 3.80. The highest BCUT2D eigenvalue weighted by Gasteiger charge is 2.21. The SMILES string of the molecule is O=P(O)(O)Oc1cccc2c(OP(=O)(O)O)cccc12. The first-order valence-electron chi connectivity index (χ1n) is 5.18. The van der Waals surface area contributed by atoms with Crippen LogP contribution in [0.4, 0.5) is 0 Å². The van der Waals surface area contributed by atoms with E-state index in [1.165, 1.54) is 36.4 Å². The van der Waals surface area contributed by atoms with Crippen LogP contribution >= 0.6 is 15.6 Å². The van der Waals surface area contributed by atoms with Crippen LogP contribution in [0, 0.1) is 0 Å². The van der Waals surface area contributed by atoms with E-state index in [2.05, 4.69) is 9.05 Å². The highest BCUT2D eigenvalue weighted by Crippen LogP contribution is 2.45. The topological polar surface area (TPSA) is 134 Å². The Balaban J connectivity index is 2.57. The van der Waals surface area contributed by atoms with Crippen molar-refractivity contribution in [2.75, 3.05) is 0 Å². The van der Waals surface area contributed by atoms with Gasteiger partial charge in [-0.25, -0.2) is 9.13 Å². The molecule has 0 saturated heterocycles. The van der Waals surface area contributed by atoms with Crippen LogP contribution in [0.3, 0.4) is 0 Å². The Labute approximate surface area is 113 Å². The summed E-state index contributed by atoms with van der Waals surface area (Å²) >= 11 is 0. The summed E-state index contributed by atoms with van der Waals surface area (Å²) in [6.07, 6.45) is 0. The fourth-order valence-electron chi connectivity index (χ4n) is 1.67. The second-order valence-corrected chi connectivity index (χ2v) is 6.10. The molecule has 0 spiro atoms. The molecule has 0 aliphatic carbocycles. The van der Waals surface area contributed by atoms with Gasteiger partial charge in [0, 0.05) is 10.8 Å². The normalized spacial score (nSPS) is 12.4. The zero-order valence-corrected chi connectivity index (χ0v) is 11.6. The molecule has 0 aliphatic rings. The number of rotatable bonds is 4. The van der Waals surface area contributed by atoms with E-state index in [-0.39, 0.29) is 22.3 Å². The van der Waals surface area contributed by atoms with Crippen molar-refractivity contribution in [3.05, 3.63) is 36.4 Å². The molecule has 2 aromatic rings. The van der Waals surface area contributed by atoms with Crippen molar-refractivity contribution in [3.8, 4) is 11.5 Å². The summed E-state index contributed by atoms with van der Waals surface area (Å²) in [5, 5.41) is 0.503. The first kappa shape index (κ1) is 15.0. The number of hydrogen-bond acceptors (Lipinski definition) is 4. The van der Waals surface area contributed by atoms with Crippen LogP contribution in [0.25, 0.3) is 10.8 Å². The van der Waals surface area contributed by atoms with E-state index in [1.807, 2.05) is 0 Å². The number of benzene rings is 2.